The molecule has 0 aromatic heterocycles. The van der Waals surface area contributed by atoms with E-state index in [2.05, 4.69) is 82.6 Å². The lowest BCUT2D eigenvalue weighted by atomic mass is 9.87. The topological polar surface area (TPSA) is 31.2 Å². The van der Waals surface area contributed by atoms with E-state index in [0.29, 0.717) is 0 Å². The van der Waals surface area contributed by atoms with Gasteiger partial charge in [-0.05, 0) is 31.0 Å². The molecule has 4 rings (SSSR count). The van der Waals surface area contributed by atoms with E-state index in [1.807, 2.05) is 0 Å². The number of nitrogens with zero attached hydrogens (tertiary/aromatic N) is 4. The third-order valence-electron chi connectivity index (χ3n) is 4.95. The van der Waals surface area contributed by atoms with Crippen LogP contribution in [0.1, 0.15) is 42.6 Å². The summed E-state index contributed by atoms with van der Waals surface area (Å²) in [7, 11) is 0. The van der Waals surface area contributed by atoms with Gasteiger partial charge >= 0.3 is 0 Å². The van der Waals surface area contributed by atoms with Crippen LogP contribution >= 0.6 is 0 Å². The third-order valence-corrected chi connectivity index (χ3v) is 4.95. The smallest absolute Gasteiger partial charge is 0.124 e. The second-order valence-electron chi connectivity index (χ2n) is 6.12. The molecule has 2 aliphatic heterocycles. The van der Waals surface area contributed by atoms with Gasteiger partial charge in [0.25, 0.3) is 0 Å². The van der Waals surface area contributed by atoms with Crippen molar-refractivity contribution in [3.8, 4) is 0 Å². The number of fused-ring (bicyclic) bond motifs is 5. The van der Waals surface area contributed by atoms with Crippen LogP contribution in [-0.2, 0) is 6.54 Å². The molecule has 0 amide bonds. The van der Waals surface area contributed by atoms with Crippen LogP contribution in [0, 0.1) is 0 Å². The van der Waals surface area contributed by atoms with E-state index >= 15 is 0 Å². The number of likely N-dealkylation sites (N-methyl/N-ethyl adjacent to an activating group) is 1. The van der Waals surface area contributed by atoms with Crippen LogP contribution in [0.3, 0.4) is 0 Å². The summed E-state index contributed by atoms with van der Waals surface area (Å²) in [6, 6.07) is 17.7. The van der Waals surface area contributed by atoms with Gasteiger partial charge in [-0.15, -0.1) is 0 Å². The molecule has 4 nitrogen and oxygen atoms in total. The molecule has 2 aromatic rings. The predicted octanol–water partition coefficient (Wildman–Crippen LogP) is 4.51. The first-order valence-electron chi connectivity index (χ1n) is 8.42. The van der Waals surface area contributed by atoms with Gasteiger partial charge in [0, 0.05) is 30.9 Å². The fourth-order valence-electron chi connectivity index (χ4n) is 3.79. The molecule has 118 valence electrons. The maximum Gasteiger partial charge on any atom is 0.124 e. The number of anilines is 1. The predicted molar refractivity (Wildman–Crippen MR) is 92.3 cm³/mol. The number of hydrogen-bond donors (Lipinski definition) is 0. The van der Waals surface area contributed by atoms with Gasteiger partial charge in [0.05, 0.1) is 0 Å². The Morgan fingerprint density at radius 1 is 0.957 bits per heavy atom. The summed E-state index contributed by atoms with van der Waals surface area (Å²) in [6.45, 7) is 7.15. The second kappa shape index (κ2) is 5.69. The van der Waals surface area contributed by atoms with Crippen molar-refractivity contribution < 1.29 is 0 Å². The first-order chi connectivity index (χ1) is 11.3. The van der Waals surface area contributed by atoms with Crippen molar-refractivity contribution in [2.45, 2.75) is 32.5 Å². The van der Waals surface area contributed by atoms with Gasteiger partial charge in [0.2, 0.25) is 0 Å². The summed E-state index contributed by atoms with van der Waals surface area (Å²) in [4.78, 5) is 2.45. The Morgan fingerprint density at radius 3 is 2.48 bits per heavy atom. The van der Waals surface area contributed by atoms with Crippen LogP contribution in [0.15, 0.2) is 58.9 Å². The molecule has 0 saturated carbocycles. The highest BCUT2D eigenvalue weighted by Crippen LogP contribution is 2.47. The molecule has 0 N–H and O–H groups in total. The lowest BCUT2D eigenvalue weighted by molar-refractivity contribution is 0.233. The van der Waals surface area contributed by atoms with Crippen molar-refractivity contribution in [3.63, 3.8) is 0 Å². The fraction of sp³-hybridized carbons (Fsp3) is 0.368. The summed E-state index contributed by atoms with van der Waals surface area (Å²) in [5.74, 6) is 0. The molecule has 4 heteroatoms. The molecule has 0 bridgehead atoms. The van der Waals surface area contributed by atoms with Crippen LogP contribution < -0.4 is 4.90 Å². The highest BCUT2D eigenvalue weighted by atomic mass is 15.6. The molecule has 2 aromatic carbocycles. The van der Waals surface area contributed by atoms with Crippen molar-refractivity contribution in [1.29, 1.82) is 0 Å². The van der Waals surface area contributed by atoms with Gasteiger partial charge in [-0.3, -0.25) is 5.01 Å². The first kappa shape index (κ1) is 14.2. The molecule has 23 heavy (non-hydrogen) atoms. The van der Waals surface area contributed by atoms with Crippen LogP contribution in [0.5, 0.6) is 0 Å². The quantitative estimate of drug-likeness (QED) is 0.817. The molecule has 0 saturated heterocycles. The molecule has 0 aliphatic carbocycles. The standard InChI is InChI=1S/C19H22N4/c1-3-22-13-14-9-5-6-10-15(14)18-19(23(4-2)21-20-18)16-11-7-8-12-17(16)22/h5-12,18-19H,3-4,13H2,1-2H3. The molecule has 0 fully saturated rings. The van der Waals surface area contributed by atoms with E-state index < -0.39 is 0 Å². The number of hydrogen-bond acceptors (Lipinski definition) is 4. The van der Waals surface area contributed by atoms with Gasteiger partial charge in [0.1, 0.15) is 12.1 Å². The second-order valence-corrected chi connectivity index (χ2v) is 6.12. The van der Waals surface area contributed by atoms with Gasteiger partial charge in [-0.25, -0.2) is 0 Å². The fourth-order valence-corrected chi connectivity index (χ4v) is 3.79. The van der Waals surface area contributed by atoms with Crippen molar-refractivity contribution in [1.82, 2.24) is 5.01 Å². The number of benzene rings is 2. The Labute approximate surface area is 137 Å². The van der Waals surface area contributed by atoms with Crippen LogP contribution in [-0.4, -0.2) is 18.1 Å². The van der Waals surface area contributed by atoms with Crippen LogP contribution in [0.4, 0.5) is 5.69 Å². The molecule has 0 spiro atoms. The first-order valence-corrected chi connectivity index (χ1v) is 8.42. The summed E-state index contributed by atoms with van der Waals surface area (Å²) in [6.07, 6.45) is 0. The lowest BCUT2D eigenvalue weighted by Gasteiger charge is -2.35. The minimum absolute atomic E-state index is 0.0892. The Balaban J connectivity index is 1.93. The van der Waals surface area contributed by atoms with E-state index in [1.165, 1.54) is 22.4 Å². The Bertz CT molecular complexity index is 740. The van der Waals surface area contributed by atoms with Gasteiger partial charge in [-0.2, -0.15) is 5.11 Å². The SMILES string of the molecule is CCN1Cc2ccccc2C2N=NN(CC)C2c2ccccc21. The Hall–Kier alpha value is -2.36. The van der Waals surface area contributed by atoms with Crippen LogP contribution in [0.25, 0.3) is 0 Å². The summed E-state index contributed by atoms with van der Waals surface area (Å²) < 4.78 is 0. The van der Waals surface area contributed by atoms with E-state index in [0.717, 1.165) is 19.6 Å². The minimum atomic E-state index is 0.0892. The summed E-state index contributed by atoms with van der Waals surface area (Å²) in [5.41, 5.74) is 5.31. The third kappa shape index (κ3) is 2.21. The Morgan fingerprint density at radius 2 is 1.70 bits per heavy atom. The molecule has 0 radical (unpaired) electrons. The molecular formula is C19H22N4. The minimum Gasteiger partial charge on any atom is -0.367 e. The van der Waals surface area contributed by atoms with Gasteiger partial charge in [0.15, 0.2) is 0 Å². The van der Waals surface area contributed by atoms with Crippen molar-refractivity contribution in [2.24, 2.45) is 10.3 Å². The Kier molecular flexibility index (Phi) is 3.52. The average Bonchev–Trinajstić information content (AvgIpc) is 3.02. The highest BCUT2D eigenvalue weighted by Gasteiger charge is 2.38. The highest BCUT2D eigenvalue weighted by molar-refractivity contribution is 5.58. The van der Waals surface area contributed by atoms with E-state index in [9.17, 15) is 0 Å². The normalized spacial score (nSPS) is 22.2. The molecule has 2 aliphatic rings. The zero-order valence-corrected chi connectivity index (χ0v) is 13.7. The van der Waals surface area contributed by atoms with Crippen molar-refractivity contribution in [3.05, 3.63) is 65.2 Å². The number of para-hydroxylation sites is 1. The molecule has 2 atom stereocenters. The number of rotatable bonds is 2. The van der Waals surface area contributed by atoms with Gasteiger partial charge < -0.3 is 4.90 Å². The van der Waals surface area contributed by atoms with E-state index in [-0.39, 0.29) is 12.1 Å². The zero-order chi connectivity index (χ0) is 15.8. The van der Waals surface area contributed by atoms with Gasteiger partial charge in [-0.1, -0.05) is 47.7 Å². The zero-order valence-electron chi connectivity index (χ0n) is 13.7. The summed E-state index contributed by atoms with van der Waals surface area (Å²) >= 11 is 0. The van der Waals surface area contributed by atoms with E-state index in [4.69, 9.17) is 0 Å². The molecule has 2 unspecified atom stereocenters. The molecule has 2 heterocycles. The maximum absolute atomic E-state index is 4.64. The monoisotopic (exact) mass is 306 g/mol. The molecular weight excluding hydrogens is 284 g/mol. The largest absolute Gasteiger partial charge is 0.367 e. The van der Waals surface area contributed by atoms with Crippen LogP contribution in [0.2, 0.25) is 0 Å². The average molecular weight is 306 g/mol. The van der Waals surface area contributed by atoms with Crippen molar-refractivity contribution >= 4 is 5.69 Å². The summed E-state index contributed by atoms with van der Waals surface area (Å²) in [5, 5.41) is 11.2. The maximum atomic E-state index is 4.64. The van der Waals surface area contributed by atoms with E-state index in [1.54, 1.807) is 0 Å². The lowest BCUT2D eigenvalue weighted by Crippen LogP contribution is -2.31. The van der Waals surface area contributed by atoms with Crippen molar-refractivity contribution in [2.75, 3.05) is 18.0 Å².